The quantitative estimate of drug-likeness (QED) is 0.732. The molecule has 0 bridgehead atoms. The van der Waals surface area contributed by atoms with Gasteiger partial charge in [0.25, 0.3) is 0 Å². The number of nitrogens with zero attached hydrogens (tertiary/aromatic N) is 3. The summed E-state index contributed by atoms with van der Waals surface area (Å²) in [5.74, 6) is 0. The van der Waals surface area contributed by atoms with E-state index in [9.17, 15) is 13.2 Å². The molecule has 0 fully saturated rings. The second-order valence-electron chi connectivity index (χ2n) is 4.82. The van der Waals surface area contributed by atoms with Crippen LogP contribution in [0.1, 0.15) is 11.1 Å². The zero-order valence-electron chi connectivity index (χ0n) is 11.5. The monoisotopic (exact) mass is 303 g/mol. The number of hydrogen-bond donors (Lipinski definition) is 0. The molecular weight excluding hydrogens is 291 g/mol. The predicted octanol–water partition coefficient (Wildman–Crippen LogP) is 4.01. The number of alkyl halides is 3. The molecule has 0 saturated carbocycles. The standard InChI is InChI=1S/C16H12F3N3/c17-16(18,19)14-8-6-13(7-9-14)15-10-20-22(21-15)11-12-4-2-1-3-5-12/h1-10H,11H2. The fourth-order valence-electron chi connectivity index (χ4n) is 2.08. The lowest BCUT2D eigenvalue weighted by Crippen LogP contribution is -2.04. The van der Waals surface area contributed by atoms with Gasteiger partial charge in [-0.1, -0.05) is 42.5 Å². The fraction of sp³-hybridized carbons (Fsp3) is 0.125. The first-order valence-electron chi connectivity index (χ1n) is 6.64. The second kappa shape index (κ2) is 5.63. The molecule has 22 heavy (non-hydrogen) atoms. The van der Waals surface area contributed by atoms with E-state index in [1.807, 2.05) is 30.3 Å². The summed E-state index contributed by atoms with van der Waals surface area (Å²) in [6.45, 7) is 0.515. The van der Waals surface area contributed by atoms with Crippen LogP contribution in [0.4, 0.5) is 13.2 Å². The van der Waals surface area contributed by atoms with E-state index in [0.717, 1.165) is 17.7 Å². The van der Waals surface area contributed by atoms with Gasteiger partial charge in [-0.3, -0.25) is 0 Å². The van der Waals surface area contributed by atoms with Crippen LogP contribution in [-0.4, -0.2) is 15.0 Å². The van der Waals surface area contributed by atoms with Gasteiger partial charge in [0.1, 0.15) is 5.69 Å². The number of halogens is 3. The molecule has 6 heteroatoms. The molecule has 1 aromatic heterocycles. The van der Waals surface area contributed by atoms with Crippen LogP contribution in [0.3, 0.4) is 0 Å². The number of rotatable bonds is 3. The van der Waals surface area contributed by atoms with E-state index < -0.39 is 11.7 Å². The summed E-state index contributed by atoms with van der Waals surface area (Å²) < 4.78 is 37.6. The molecule has 0 amide bonds. The Bertz CT molecular complexity index is 746. The molecule has 3 nitrogen and oxygen atoms in total. The Morgan fingerprint density at radius 1 is 0.909 bits per heavy atom. The zero-order chi connectivity index (χ0) is 15.6. The van der Waals surface area contributed by atoms with E-state index in [2.05, 4.69) is 10.2 Å². The van der Waals surface area contributed by atoms with Gasteiger partial charge in [-0.25, -0.2) is 0 Å². The first kappa shape index (κ1) is 14.3. The van der Waals surface area contributed by atoms with Crippen LogP contribution >= 0.6 is 0 Å². The molecule has 1 heterocycles. The minimum Gasteiger partial charge on any atom is -0.180 e. The topological polar surface area (TPSA) is 30.7 Å². The van der Waals surface area contributed by atoms with Crippen molar-refractivity contribution >= 4 is 0 Å². The second-order valence-corrected chi connectivity index (χ2v) is 4.82. The van der Waals surface area contributed by atoms with Crippen LogP contribution in [0.2, 0.25) is 0 Å². The van der Waals surface area contributed by atoms with Gasteiger partial charge >= 0.3 is 6.18 Å². The lowest BCUT2D eigenvalue weighted by atomic mass is 10.1. The van der Waals surface area contributed by atoms with E-state index in [0.29, 0.717) is 17.8 Å². The Morgan fingerprint density at radius 2 is 1.59 bits per heavy atom. The normalized spacial score (nSPS) is 11.6. The molecule has 0 spiro atoms. The molecular formula is C16H12F3N3. The van der Waals surface area contributed by atoms with Crippen molar-refractivity contribution in [3.63, 3.8) is 0 Å². The average molecular weight is 303 g/mol. The molecule has 3 aromatic rings. The van der Waals surface area contributed by atoms with Crippen molar-refractivity contribution in [3.05, 3.63) is 71.9 Å². The van der Waals surface area contributed by atoms with Crippen molar-refractivity contribution in [3.8, 4) is 11.3 Å². The summed E-state index contributed by atoms with van der Waals surface area (Å²) in [5.41, 5.74) is 1.53. The third-order valence-corrected chi connectivity index (χ3v) is 3.21. The van der Waals surface area contributed by atoms with Gasteiger partial charge < -0.3 is 0 Å². The minimum atomic E-state index is -4.33. The zero-order valence-corrected chi connectivity index (χ0v) is 11.5. The molecule has 112 valence electrons. The van der Waals surface area contributed by atoms with Crippen LogP contribution in [0.5, 0.6) is 0 Å². The lowest BCUT2D eigenvalue weighted by molar-refractivity contribution is -0.137. The van der Waals surface area contributed by atoms with E-state index in [1.165, 1.54) is 16.9 Å². The highest BCUT2D eigenvalue weighted by Crippen LogP contribution is 2.30. The van der Waals surface area contributed by atoms with Crippen LogP contribution in [-0.2, 0) is 12.7 Å². The van der Waals surface area contributed by atoms with Crippen molar-refractivity contribution < 1.29 is 13.2 Å². The number of hydrogen-bond acceptors (Lipinski definition) is 2. The molecule has 0 N–H and O–H groups in total. The minimum absolute atomic E-state index is 0.515. The molecule has 0 atom stereocenters. The third-order valence-electron chi connectivity index (χ3n) is 3.21. The van der Waals surface area contributed by atoms with Crippen molar-refractivity contribution in [1.29, 1.82) is 0 Å². The Kier molecular flexibility index (Phi) is 3.66. The van der Waals surface area contributed by atoms with Crippen molar-refractivity contribution in [2.24, 2.45) is 0 Å². The summed E-state index contributed by atoms with van der Waals surface area (Å²) in [4.78, 5) is 1.52. The number of benzene rings is 2. The first-order valence-corrected chi connectivity index (χ1v) is 6.64. The van der Waals surface area contributed by atoms with Crippen LogP contribution in [0, 0.1) is 0 Å². The molecule has 0 radical (unpaired) electrons. The van der Waals surface area contributed by atoms with Gasteiger partial charge in [0.2, 0.25) is 0 Å². The highest BCUT2D eigenvalue weighted by atomic mass is 19.4. The lowest BCUT2D eigenvalue weighted by Gasteiger charge is -2.06. The van der Waals surface area contributed by atoms with Gasteiger partial charge in [-0.05, 0) is 17.7 Å². The molecule has 0 aliphatic heterocycles. The highest BCUT2D eigenvalue weighted by molar-refractivity contribution is 5.58. The molecule has 3 rings (SSSR count). The summed E-state index contributed by atoms with van der Waals surface area (Å²) in [6, 6.07) is 14.6. The first-order chi connectivity index (χ1) is 10.5. The van der Waals surface area contributed by atoms with Crippen molar-refractivity contribution in [2.45, 2.75) is 12.7 Å². The van der Waals surface area contributed by atoms with Gasteiger partial charge in [0, 0.05) is 5.56 Å². The van der Waals surface area contributed by atoms with E-state index in [1.54, 1.807) is 6.20 Å². The van der Waals surface area contributed by atoms with E-state index >= 15 is 0 Å². The summed E-state index contributed by atoms with van der Waals surface area (Å²) in [5, 5.41) is 8.43. The van der Waals surface area contributed by atoms with Gasteiger partial charge in [-0.2, -0.15) is 28.2 Å². The number of aromatic nitrogens is 3. The summed E-state index contributed by atoms with van der Waals surface area (Å²) >= 11 is 0. The third kappa shape index (κ3) is 3.16. The molecule has 0 aliphatic carbocycles. The van der Waals surface area contributed by atoms with Crippen molar-refractivity contribution in [1.82, 2.24) is 15.0 Å². The van der Waals surface area contributed by atoms with Crippen LogP contribution in [0.15, 0.2) is 60.8 Å². The largest absolute Gasteiger partial charge is 0.416 e. The van der Waals surface area contributed by atoms with Gasteiger partial charge in [0.05, 0.1) is 18.3 Å². The smallest absolute Gasteiger partial charge is 0.180 e. The van der Waals surface area contributed by atoms with E-state index in [4.69, 9.17) is 0 Å². The predicted molar refractivity (Wildman–Crippen MR) is 76.0 cm³/mol. The Hall–Kier alpha value is -2.63. The fourth-order valence-corrected chi connectivity index (χ4v) is 2.08. The maximum absolute atomic E-state index is 12.5. The Labute approximate surface area is 125 Å². The van der Waals surface area contributed by atoms with Crippen LogP contribution < -0.4 is 0 Å². The molecule has 0 unspecified atom stereocenters. The maximum atomic E-state index is 12.5. The van der Waals surface area contributed by atoms with E-state index in [-0.39, 0.29) is 0 Å². The summed E-state index contributed by atoms with van der Waals surface area (Å²) in [6.07, 6.45) is -2.78. The van der Waals surface area contributed by atoms with Gasteiger partial charge in [-0.15, -0.1) is 0 Å². The summed E-state index contributed by atoms with van der Waals surface area (Å²) in [7, 11) is 0. The van der Waals surface area contributed by atoms with Crippen LogP contribution in [0.25, 0.3) is 11.3 Å². The Morgan fingerprint density at radius 3 is 2.23 bits per heavy atom. The van der Waals surface area contributed by atoms with Crippen molar-refractivity contribution in [2.75, 3.05) is 0 Å². The Balaban J connectivity index is 1.79. The average Bonchev–Trinajstić information content (AvgIpc) is 2.96. The SMILES string of the molecule is FC(F)(F)c1ccc(-c2cnn(Cc3ccccc3)n2)cc1. The molecule has 2 aromatic carbocycles. The molecule has 0 aliphatic rings. The highest BCUT2D eigenvalue weighted by Gasteiger charge is 2.30. The van der Waals surface area contributed by atoms with Gasteiger partial charge in [0.15, 0.2) is 0 Å². The molecule has 0 saturated heterocycles. The maximum Gasteiger partial charge on any atom is 0.416 e.